The van der Waals surface area contributed by atoms with Crippen LogP contribution in [0.1, 0.15) is 25.3 Å². The average Bonchev–Trinajstić information content (AvgIpc) is 2.98. The molecule has 0 spiro atoms. The summed E-state index contributed by atoms with van der Waals surface area (Å²) in [6.45, 7) is 5.89. The van der Waals surface area contributed by atoms with Gasteiger partial charge in [-0.1, -0.05) is 22.9 Å². The number of rotatable bonds is 5. The summed E-state index contributed by atoms with van der Waals surface area (Å²) in [5.41, 5.74) is 0.874. The molecule has 0 aliphatic carbocycles. The van der Waals surface area contributed by atoms with E-state index in [4.69, 9.17) is 0 Å². The van der Waals surface area contributed by atoms with Gasteiger partial charge in [-0.3, -0.25) is 9.89 Å². The average molecular weight is 499 g/mol. The van der Waals surface area contributed by atoms with E-state index in [9.17, 15) is 4.39 Å². The summed E-state index contributed by atoms with van der Waals surface area (Å²) in [5.74, 6) is 0.520. The first-order valence-corrected chi connectivity index (χ1v) is 8.55. The first-order valence-electron chi connectivity index (χ1n) is 7.76. The molecule has 1 heterocycles. The topological polar surface area (TPSA) is 39.7 Å². The van der Waals surface area contributed by atoms with Gasteiger partial charge in [0.15, 0.2) is 5.96 Å². The molecule has 130 valence electrons. The van der Waals surface area contributed by atoms with Gasteiger partial charge in [0.2, 0.25) is 0 Å². The molecule has 0 amide bonds. The van der Waals surface area contributed by atoms with Gasteiger partial charge in [-0.2, -0.15) is 0 Å². The molecule has 7 heteroatoms. The minimum absolute atomic E-state index is 0. The van der Waals surface area contributed by atoms with Gasteiger partial charge in [-0.05, 0) is 49.7 Å². The Hall–Kier alpha value is -0.410. The van der Waals surface area contributed by atoms with Crippen LogP contribution in [-0.2, 0) is 6.54 Å². The highest BCUT2D eigenvalue weighted by Gasteiger charge is 2.22. The molecule has 1 atom stereocenters. The zero-order chi connectivity index (χ0) is 15.9. The Morgan fingerprint density at radius 3 is 2.91 bits per heavy atom. The maximum atomic E-state index is 13.3. The number of nitrogens with one attached hydrogen (secondary N) is 2. The second-order valence-electron chi connectivity index (χ2n) is 5.47. The van der Waals surface area contributed by atoms with Crippen molar-refractivity contribution in [1.29, 1.82) is 0 Å². The smallest absolute Gasteiger partial charge is 0.191 e. The van der Waals surface area contributed by atoms with E-state index in [0.29, 0.717) is 12.6 Å². The summed E-state index contributed by atoms with van der Waals surface area (Å²) in [6, 6.07) is 5.27. The van der Waals surface area contributed by atoms with Gasteiger partial charge >= 0.3 is 0 Å². The molecule has 0 aromatic heterocycles. The first-order chi connectivity index (χ1) is 10.6. The van der Waals surface area contributed by atoms with Crippen LogP contribution < -0.4 is 10.6 Å². The number of hydrogen-bond acceptors (Lipinski definition) is 2. The van der Waals surface area contributed by atoms with E-state index in [0.717, 1.165) is 29.1 Å². The summed E-state index contributed by atoms with van der Waals surface area (Å²) in [4.78, 5) is 6.72. The Morgan fingerprint density at radius 1 is 1.43 bits per heavy atom. The fraction of sp³-hybridized carbons (Fsp3) is 0.562. The Balaban J connectivity index is 0.00000264. The van der Waals surface area contributed by atoms with Crippen molar-refractivity contribution in [3.8, 4) is 0 Å². The number of likely N-dealkylation sites (N-methyl/N-ethyl adjacent to an activating group) is 1. The molecule has 0 bridgehead atoms. The molecule has 2 N–H and O–H groups in total. The van der Waals surface area contributed by atoms with E-state index >= 15 is 0 Å². The SMILES string of the molecule is CCN1CCCC1CNC(=NC)NCc1cc(F)ccc1Br.I. The van der Waals surface area contributed by atoms with E-state index in [1.165, 1.54) is 31.5 Å². The number of likely N-dealkylation sites (tertiary alicyclic amines) is 1. The number of nitrogens with zero attached hydrogens (tertiary/aromatic N) is 2. The number of aliphatic imine (C=N–C) groups is 1. The van der Waals surface area contributed by atoms with Crippen molar-refractivity contribution in [2.45, 2.75) is 32.4 Å². The molecule has 0 radical (unpaired) electrons. The minimum atomic E-state index is -0.229. The Bertz CT molecular complexity index is 527. The van der Waals surface area contributed by atoms with E-state index in [-0.39, 0.29) is 29.8 Å². The monoisotopic (exact) mass is 498 g/mol. The Kier molecular flexibility index (Phi) is 9.38. The summed E-state index contributed by atoms with van der Waals surface area (Å²) >= 11 is 3.44. The second kappa shape index (κ2) is 10.5. The van der Waals surface area contributed by atoms with Crippen molar-refractivity contribution in [3.63, 3.8) is 0 Å². The lowest BCUT2D eigenvalue weighted by molar-refractivity contribution is 0.267. The van der Waals surface area contributed by atoms with Crippen LogP contribution in [0.25, 0.3) is 0 Å². The number of hydrogen-bond donors (Lipinski definition) is 2. The maximum absolute atomic E-state index is 13.3. The Morgan fingerprint density at radius 2 is 2.22 bits per heavy atom. The van der Waals surface area contributed by atoms with Crippen LogP contribution in [0, 0.1) is 5.82 Å². The van der Waals surface area contributed by atoms with Crippen LogP contribution in [-0.4, -0.2) is 43.6 Å². The lowest BCUT2D eigenvalue weighted by Crippen LogP contribution is -2.44. The van der Waals surface area contributed by atoms with E-state index in [1.807, 2.05) is 0 Å². The summed E-state index contributed by atoms with van der Waals surface area (Å²) in [7, 11) is 1.75. The molecular weight excluding hydrogens is 474 g/mol. The molecule has 1 aliphatic heterocycles. The van der Waals surface area contributed by atoms with Crippen LogP contribution in [0.3, 0.4) is 0 Å². The summed E-state index contributed by atoms with van der Waals surface area (Å²) in [5, 5.41) is 6.60. The predicted molar refractivity (Wildman–Crippen MR) is 108 cm³/mol. The third kappa shape index (κ3) is 6.19. The fourth-order valence-corrected chi connectivity index (χ4v) is 3.22. The molecule has 1 aromatic carbocycles. The standard InChI is InChI=1S/C16H24BrFN4.HI/c1-3-22-8-4-5-14(22)11-21-16(19-2)20-10-12-9-13(18)6-7-15(12)17;/h6-7,9,14H,3-5,8,10-11H2,1-2H3,(H2,19,20,21);1H. The lowest BCUT2D eigenvalue weighted by Gasteiger charge is -2.24. The van der Waals surface area contributed by atoms with Crippen molar-refractivity contribution >= 4 is 45.9 Å². The van der Waals surface area contributed by atoms with Gasteiger partial charge in [0, 0.05) is 30.7 Å². The molecule has 23 heavy (non-hydrogen) atoms. The number of benzene rings is 1. The minimum Gasteiger partial charge on any atom is -0.355 e. The van der Waals surface area contributed by atoms with Gasteiger partial charge in [0.1, 0.15) is 5.82 Å². The molecule has 1 saturated heterocycles. The molecule has 1 unspecified atom stereocenters. The highest BCUT2D eigenvalue weighted by Crippen LogP contribution is 2.17. The predicted octanol–water partition coefficient (Wildman–Crippen LogP) is 3.36. The van der Waals surface area contributed by atoms with Crippen molar-refractivity contribution in [2.24, 2.45) is 4.99 Å². The Labute approximate surface area is 163 Å². The van der Waals surface area contributed by atoms with Crippen LogP contribution >= 0.6 is 39.9 Å². The zero-order valence-electron chi connectivity index (χ0n) is 13.6. The van der Waals surface area contributed by atoms with Gasteiger partial charge in [-0.25, -0.2) is 4.39 Å². The quantitative estimate of drug-likeness (QED) is 0.371. The van der Waals surface area contributed by atoms with Crippen molar-refractivity contribution < 1.29 is 4.39 Å². The molecule has 0 saturated carbocycles. The third-order valence-corrected chi connectivity index (χ3v) is 4.86. The van der Waals surface area contributed by atoms with Gasteiger partial charge in [0.25, 0.3) is 0 Å². The highest BCUT2D eigenvalue weighted by atomic mass is 127. The third-order valence-electron chi connectivity index (χ3n) is 4.09. The zero-order valence-corrected chi connectivity index (χ0v) is 17.5. The van der Waals surface area contributed by atoms with Crippen LogP contribution in [0.15, 0.2) is 27.7 Å². The van der Waals surface area contributed by atoms with Gasteiger partial charge in [0.05, 0.1) is 0 Å². The van der Waals surface area contributed by atoms with Crippen LogP contribution in [0.4, 0.5) is 4.39 Å². The van der Waals surface area contributed by atoms with E-state index in [1.54, 1.807) is 13.1 Å². The molecular formula is C16H25BrFIN4. The number of halogens is 3. The normalized spacial score (nSPS) is 18.6. The molecule has 2 rings (SSSR count). The maximum Gasteiger partial charge on any atom is 0.191 e. The van der Waals surface area contributed by atoms with Crippen LogP contribution in [0.5, 0.6) is 0 Å². The molecule has 1 aliphatic rings. The van der Waals surface area contributed by atoms with Crippen molar-refractivity contribution in [1.82, 2.24) is 15.5 Å². The first kappa shape index (κ1) is 20.6. The molecule has 1 fully saturated rings. The number of guanidine groups is 1. The largest absolute Gasteiger partial charge is 0.355 e. The molecule has 1 aromatic rings. The van der Waals surface area contributed by atoms with Crippen molar-refractivity contribution in [3.05, 3.63) is 34.1 Å². The fourth-order valence-electron chi connectivity index (χ4n) is 2.84. The second-order valence-corrected chi connectivity index (χ2v) is 6.32. The van der Waals surface area contributed by atoms with Gasteiger partial charge < -0.3 is 10.6 Å². The van der Waals surface area contributed by atoms with E-state index in [2.05, 4.69) is 43.4 Å². The summed E-state index contributed by atoms with van der Waals surface area (Å²) in [6.07, 6.45) is 2.50. The van der Waals surface area contributed by atoms with Crippen molar-refractivity contribution in [2.75, 3.05) is 26.7 Å². The van der Waals surface area contributed by atoms with E-state index < -0.39 is 0 Å². The van der Waals surface area contributed by atoms with Crippen LogP contribution in [0.2, 0.25) is 0 Å². The van der Waals surface area contributed by atoms with Gasteiger partial charge in [-0.15, -0.1) is 24.0 Å². The molecule has 4 nitrogen and oxygen atoms in total. The summed E-state index contributed by atoms with van der Waals surface area (Å²) < 4.78 is 14.2. The lowest BCUT2D eigenvalue weighted by atomic mass is 10.2. The highest BCUT2D eigenvalue weighted by molar-refractivity contribution is 14.0.